The molecule has 112 valence electrons. The van der Waals surface area contributed by atoms with Crippen molar-refractivity contribution in [1.82, 2.24) is 20.0 Å². The average Bonchev–Trinajstić information content (AvgIpc) is 3.12. The summed E-state index contributed by atoms with van der Waals surface area (Å²) < 4.78 is 6.88. The van der Waals surface area contributed by atoms with E-state index in [9.17, 15) is 10.1 Å². The van der Waals surface area contributed by atoms with Crippen LogP contribution in [-0.2, 0) is 13.0 Å². The lowest BCUT2D eigenvalue weighted by atomic mass is 10.1. The maximum atomic E-state index is 10.6. The van der Waals surface area contributed by atoms with Gasteiger partial charge < -0.3 is 4.42 Å². The number of nitro groups is 1. The summed E-state index contributed by atoms with van der Waals surface area (Å²) in [5, 5.41) is 23.0. The topological polar surface area (TPSA) is 99.9 Å². The Labute approximate surface area is 129 Å². The summed E-state index contributed by atoms with van der Waals surface area (Å²) in [5.41, 5.74) is 0.912. The maximum absolute atomic E-state index is 10.6. The lowest BCUT2D eigenvalue weighted by Crippen LogP contribution is -2.00. The van der Waals surface area contributed by atoms with Gasteiger partial charge >= 0.3 is 5.69 Å². The molecule has 3 aromatic rings. The third-order valence-corrected chi connectivity index (χ3v) is 3.16. The molecule has 0 amide bonds. The molecule has 1 aromatic carbocycles. The Morgan fingerprint density at radius 1 is 1.23 bits per heavy atom. The van der Waals surface area contributed by atoms with Gasteiger partial charge in [-0.2, -0.15) is 5.10 Å². The Hall–Kier alpha value is -2.74. The third-order valence-electron chi connectivity index (χ3n) is 2.90. The lowest BCUT2D eigenvalue weighted by Gasteiger charge is -1.97. The fourth-order valence-corrected chi connectivity index (χ4v) is 2.00. The predicted octanol–water partition coefficient (Wildman–Crippen LogP) is 2.47. The molecule has 0 atom stereocenters. The second-order valence-corrected chi connectivity index (χ2v) is 4.98. The van der Waals surface area contributed by atoms with Crippen molar-refractivity contribution < 1.29 is 9.34 Å². The van der Waals surface area contributed by atoms with Gasteiger partial charge in [-0.05, 0) is 17.7 Å². The summed E-state index contributed by atoms with van der Waals surface area (Å²) in [6, 6.07) is 7.33. The molecule has 8 nitrogen and oxygen atoms in total. The first kappa shape index (κ1) is 14.2. The van der Waals surface area contributed by atoms with Crippen LogP contribution in [0, 0.1) is 10.1 Å². The molecule has 0 unspecified atom stereocenters. The number of benzene rings is 1. The molecule has 0 spiro atoms. The van der Waals surface area contributed by atoms with Crippen molar-refractivity contribution in [2.24, 2.45) is 0 Å². The van der Waals surface area contributed by atoms with Crippen molar-refractivity contribution in [3.63, 3.8) is 0 Å². The van der Waals surface area contributed by atoms with Crippen LogP contribution in [0.4, 0.5) is 5.69 Å². The van der Waals surface area contributed by atoms with Crippen molar-refractivity contribution in [1.29, 1.82) is 0 Å². The molecule has 0 aliphatic carbocycles. The molecule has 0 saturated heterocycles. The van der Waals surface area contributed by atoms with Crippen molar-refractivity contribution in [3.8, 4) is 0 Å². The van der Waals surface area contributed by atoms with Crippen molar-refractivity contribution in [2.75, 3.05) is 0 Å². The molecular formula is C13H10ClN5O3. The van der Waals surface area contributed by atoms with Gasteiger partial charge in [-0.3, -0.25) is 14.8 Å². The number of rotatable bonds is 5. The average molecular weight is 320 g/mol. The summed E-state index contributed by atoms with van der Waals surface area (Å²) in [5.74, 6) is 0.793. The molecule has 0 N–H and O–H groups in total. The zero-order valence-electron chi connectivity index (χ0n) is 11.2. The minimum atomic E-state index is -0.511. The van der Waals surface area contributed by atoms with Crippen molar-refractivity contribution >= 4 is 17.3 Å². The Morgan fingerprint density at radius 3 is 2.64 bits per heavy atom. The largest absolute Gasteiger partial charge is 0.423 e. The second-order valence-electron chi connectivity index (χ2n) is 4.55. The van der Waals surface area contributed by atoms with Crippen LogP contribution in [0.1, 0.15) is 17.3 Å². The van der Waals surface area contributed by atoms with Crippen LogP contribution in [0.15, 0.2) is 41.1 Å². The summed E-state index contributed by atoms with van der Waals surface area (Å²) >= 11 is 5.82. The number of halogens is 1. The van der Waals surface area contributed by atoms with E-state index >= 15 is 0 Å². The van der Waals surface area contributed by atoms with E-state index in [2.05, 4.69) is 15.3 Å². The fraction of sp³-hybridized carbons (Fsp3) is 0.154. The minimum absolute atomic E-state index is 0.0825. The fourth-order valence-electron chi connectivity index (χ4n) is 1.87. The highest BCUT2D eigenvalue weighted by atomic mass is 35.5. The van der Waals surface area contributed by atoms with E-state index in [-0.39, 0.29) is 12.2 Å². The quantitative estimate of drug-likeness (QED) is 0.529. The van der Waals surface area contributed by atoms with Crippen LogP contribution < -0.4 is 0 Å². The van der Waals surface area contributed by atoms with Crippen LogP contribution in [0.3, 0.4) is 0 Å². The highest BCUT2D eigenvalue weighted by molar-refractivity contribution is 6.30. The van der Waals surface area contributed by atoms with E-state index in [0.29, 0.717) is 23.2 Å². The second kappa shape index (κ2) is 5.94. The zero-order chi connectivity index (χ0) is 15.5. The Balaban J connectivity index is 1.67. The van der Waals surface area contributed by atoms with E-state index < -0.39 is 4.92 Å². The highest BCUT2D eigenvalue weighted by Crippen LogP contribution is 2.14. The number of hydrogen-bond donors (Lipinski definition) is 0. The van der Waals surface area contributed by atoms with Gasteiger partial charge in [0.05, 0.1) is 11.3 Å². The van der Waals surface area contributed by atoms with Gasteiger partial charge in [0.1, 0.15) is 18.9 Å². The summed E-state index contributed by atoms with van der Waals surface area (Å²) in [4.78, 5) is 10.1. The lowest BCUT2D eigenvalue weighted by molar-refractivity contribution is -0.385. The van der Waals surface area contributed by atoms with Gasteiger partial charge in [0, 0.05) is 5.02 Å². The molecule has 0 fully saturated rings. The van der Waals surface area contributed by atoms with E-state index in [1.807, 2.05) is 12.1 Å². The molecule has 0 saturated carbocycles. The summed E-state index contributed by atoms with van der Waals surface area (Å²) in [6.07, 6.45) is 2.97. The predicted molar refractivity (Wildman–Crippen MR) is 76.5 cm³/mol. The normalized spacial score (nSPS) is 10.8. The minimum Gasteiger partial charge on any atom is -0.423 e. The molecule has 2 aromatic heterocycles. The number of hydrogen-bond acceptors (Lipinski definition) is 6. The van der Waals surface area contributed by atoms with Gasteiger partial charge in [0.25, 0.3) is 0 Å². The summed E-state index contributed by atoms with van der Waals surface area (Å²) in [6.45, 7) is 0.182. The Morgan fingerprint density at radius 2 is 1.95 bits per heavy atom. The first-order valence-corrected chi connectivity index (χ1v) is 6.70. The van der Waals surface area contributed by atoms with Gasteiger partial charge in [0.15, 0.2) is 0 Å². The van der Waals surface area contributed by atoms with Crippen molar-refractivity contribution in [2.45, 2.75) is 13.0 Å². The first-order valence-electron chi connectivity index (χ1n) is 6.33. The highest BCUT2D eigenvalue weighted by Gasteiger charge is 2.12. The Bertz CT molecular complexity index is 796. The molecule has 0 radical (unpaired) electrons. The van der Waals surface area contributed by atoms with Crippen LogP contribution in [0.25, 0.3) is 0 Å². The molecular weight excluding hydrogens is 310 g/mol. The molecule has 9 heteroatoms. The number of nitrogens with zero attached hydrogens (tertiary/aromatic N) is 5. The van der Waals surface area contributed by atoms with Crippen molar-refractivity contribution in [3.05, 3.63) is 69.1 Å². The zero-order valence-corrected chi connectivity index (χ0v) is 12.0. The molecule has 22 heavy (non-hydrogen) atoms. The van der Waals surface area contributed by atoms with E-state index in [4.69, 9.17) is 16.0 Å². The van der Waals surface area contributed by atoms with Crippen LogP contribution in [0.2, 0.25) is 5.02 Å². The van der Waals surface area contributed by atoms with Crippen LogP contribution >= 0.6 is 11.6 Å². The maximum Gasteiger partial charge on any atom is 0.307 e. The monoisotopic (exact) mass is 319 g/mol. The standard InChI is InChI=1S/C13H10ClN5O3/c14-10-3-1-9(2-4-10)5-12-16-17-13(22-12)8-18-7-11(6-15-18)19(20)21/h1-4,6-7H,5,8H2. The van der Waals surface area contributed by atoms with Crippen LogP contribution in [-0.4, -0.2) is 24.9 Å². The molecule has 0 aliphatic rings. The van der Waals surface area contributed by atoms with E-state index in [0.717, 1.165) is 5.56 Å². The van der Waals surface area contributed by atoms with Gasteiger partial charge in [0.2, 0.25) is 11.8 Å². The number of aromatic nitrogens is 4. The van der Waals surface area contributed by atoms with E-state index in [1.165, 1.54) is 17.1 Å². The third kappa shape index (κ3) is 3.29. The molecule has 0 aliphatic heterocycles. The van der Waals surface area contributed by atoms with Gasteiger partial charge in [-0.25, -0.2) is 0 Å². The van der Waals surface area contributed by atoms with Gasteiger partial charge in [-0.1, -0.05) is 23.7 Å². The molecule has 0 bridgehead atoms. The smallest absolute Gasteiger partial charge is 0.307 e. The van der Waals surface area contributed by atoms with E-state index in [1.54, 1.807) is 12.1 Å². The summed E-state index contributed by atoms with van der Waals surface area (Å²) in [7, 11) is 0. The first-order chi connectivity index (χ1) is 10.6. The van der Waals surface area contributed by atoms with Gasteiger partial charge in [-0.15, -0.1) is 10.2 Å². The molecule has 2 heterocycles. The van der Waals surface area contributed by atoms with Crippen LogP contribution in [0.5, 0.6) is 0 Å². The SMILES string of the molecule is O=[N+]([O-])c1cnn(Cc2nnc(Cc3ccc(Cl)cc3)o2)c1. The Kier molecular flexibility index (Phi) is 3.84. The molecule has 3 rings (SSSR count).